The Morgan fingerprint density at radius 1 is 1.50 bits per heavy atom. The van der Waals surface area contributed by atoms with Crippen molar-refractivity contribution in [2.24, 2.45) is 0 Å². The van der Waals surface area contributed by atoms with Crippen molar-refractivity contribution in [2.45, 2.75) is 20.3 Å². The fraction of sp³-hybridized carbons (Fsp3) is 0.833. The van der Waals surface area contributed by atoms with Crippen molar-refractivity contribution < 1.29 is 18.3 Å². The number of ether oxygens (including phenoxy) is 1. The number of alkyl halides is 1. The van der Waals surface area contributed by atoms with Crippen molar-refractivity contribution in [1.29, 1.82) is 0 Å². The van der Waals surface area contributed by atoms with E-state index in [1.54, 1.807) is 6.92 Å². The molecule has 0 fully saturated rings. The molecule has 0 saturated heterocycles. The van der Waals surface area contributed by atoms with Gasteiger partial charge in [-0.25, -0.2) is 4.79 Å². The summed E-state index contributed by atoms with van der Waals surface area (Å²) >= 11 is 0. The fourth-order valence-electron chi connectivity index (χ4n) is 0.182. The van der Waals surface area contributed by atoms with Gasteiger partial charge in [-0.1, -0.05) is 6.92 Å². The molecule has 0 atom stereocenters. The molecular weight excluding hydrogens is 142 g/mol. The maximum absolute atomic E-state index is 11.0. The van der Waals surface area contributed by atoms with E-state index >= 15 is 0 Å². The normalized spacial score (nSPS) is 7.60. The molecule has 0 rings (SSSR count). The first kappa shape index (κ1) is 12.0. The minimum absolute atomic E-state index is 0.176. The van der Waals surface area contributed by atoms with Crippen LogP contribution in [0, 0.1) is 0 Å². The highest BCUT2D eigenvalue weighted by Gasteiger charge is 1.91. The molecule has 0 aromatic heterocycles. The van der Waals surface area contributed by atoms with Crippen molar-refractivity contribution in [3.8, 4) is 0 Å². The van der Waals surface area contributed by atoms with E-state index in [4.69, 9.17) is 0 Å². The van der Waals surface area contributed by atoms with E-state index in [-0.39, 0.29) is 13.3 Å². The zero-order chi connectivity index (χ0) is 8.41. The Morgan fingerprint density at radius 2 is 1.90 bits per heavy atom. The average Bonchev–Trinajstić information content (AvgIpc) is 1.85. The summed E-state index contributed by atoms with van der Waals surface area (Å²) in [7, 11) is 0. The van der Waals surface area contributed by atoms with Crippen LogP contribution >= 0.6 is 0 Å². The summed E-state index contributed by atoms with van der Waals surface area (Å²) in [6, 6.07) is 0. The average molecular weight is 154 g/mol. The minimum Gasteiger partial charge on any atom is -0.440 e. The summed E-state index contributed by atoms with van der Waals surface area (Å²) in [6.45, 7) is 3.18. The fourth-order valence-corrected chi connectivity index (χ4v) is 0.182. The van der Waals surface area contributed by atoms with Gasteiger partial charge in [-0.3, -0.25) is 4.39 Å². The summed E-state index contributed by atoms with van der Waals surface area (Å²) < 4.78 is 25.2. The van der Waals surface area contributed by atoms with Gasteiger partial charge in [0.05, 0.1) is 13.3 Å². The van der Waals surface area contributed by atoms with Gasteiger partial charge < -0.3 is 4.74 Å². The zero-order valence-electron chi connectivity index (χ0n) is 6.19. The second-order valence-corrected chi connectivity index (χ2v) is 1.35. The monoisotopic (exact) mass is 154 g/mol. The topological polar surface area (TPSA) is 26.3 Å². The first-order valence-electron chi connectivity index (χ1n) is 3.07. The Kier molecular flexibility index (Phi) is 13.5. The van der Waals surface area contributed by atoms with Crippen molar-refractivity contribution in [3.63, 3.8) is 0 Å². The predicted octanol–water partition coefficient (Wildman–Crippen LogP) is 2.48. The quantitative estimate of drug-likeness (QED) is 0.571. The van der Waals surface area contributed by atoms with Crippen LogP contribution in [0.3, 0.4) is 0 Å². The number of hydrogen-bond donors (Lipinski definition) is 0. The van der Waals surface area contributed by atoms with Crippen LogP contribution in [-0.2, 0) is 4.74 Å². The van der Waals surface area contributed by atoms with Gasteiger partial charge >= 0.3 is 6.22 Å². The Balaban J connectivity index is 0. The second-order valence-electron chi connectivity index (χ2n) is 1.35. The minimum atomic E-state index is -1.69. The summed E-state index contributed by atoms with van der Waals surface area (Å²) in [5.74, 6) is 0. The van der Waals surface area contributed by atoms with Gasteiger partial charge in [-0.2, -0.15) is 0 Å². The van der Waals surface area contributed by atoms with E-state index in [2.05, 4.69) is 4.74 Å². The van der Waals surface area contributed by atoms with Crippen molar-refractivity contribution in [1.82, 2.24) is 0 Å². The van der Waals surface area contributed by atoms with Crippen molar-refractivity contribution >= 4 is 6.22 Å². The Morgan fingerprint density at radius 3 is 2.00 bits per heavy atom. The molecule has 0 amide bonds. The first-order chi connectivity index (χ1) is 4.68. The predicted molar refractivity (Wildman–Crippen MR) is 34.4 cm³/mol. The molecule has 0 aromatic rings. The molecule has 2 nitrogen and oxygen atoms in total. The molecule has 0 heterocycles. The van der Waals surface area contributed by atoms with E-state index in [1.807, 2.05) is 0 Å². The number of carbonyl (C=O) groups excluding carboxylic acids is 1. The lowest BCUT2D eigenvalue weighted by Crippen LogP contribution is -1.94. The molecule has 4 heteroatoms. The first-order valence-corrected chi connectivity index (χ1v) is 3.07. The molecule has 0 aliphatic rings. The van der Waals surface area contributed by atoms with Gasteiger partial charge in [-0.05, 0) is 13.3 Å². The van der Waals surface area contributed by atoms with Crippen LogP contribution in [0.15, 0.2) is 0 Å². The molecule has 0 aliphatic heterocycles. The molecule has 0 N–H and O–H groups in total. The second kappa shape index (κ2) is 11.2. The third kappa shape index (κ3) is 26.5. The molecule has 0 aromatic carbocycles. The van der Waals surface area contributed by atoms with Gasteiger partial charge in [0.15, 0.2) is 0 Å². The van der Waals surface area contributed by atoms with Crippen LogP contribution in [0.2, 0.25) is 0 Å². The molecule has 0 saturated carbocycles. The van der Waals surface area contributed by atoms with Crippen LogP contribution in [0.5, 0.6) is 0 Å². The van der Waals surface area contributed by atoms with E-state index < -0.39 is 6.22 Å². The number of hydrogen-bond acceptors (Lipinski definition) is 2. The third-order valence-electron chi connectivity index (χ3n) is 0.420. The zero-order valence-corrected chi connectivity index (χ0v) is 6.19. The summed E-state index contributed by atoms with van der Waals surface area (Å²) in [4.78, 5) is 9.31. The highest BCUT2D eigenvalue weighted by Crippen LogP contribution is 1.83. The molecule has 62 valence electrons. The lowest BCUT2D eigenvalue weighted by atomic mass is 10.5. The SMILES string of the molecule is CCCOC(=O)F.CCF. The van der Waals surface area contributed by atoms with Crippen LogP contribution in [0.1, 0.15) is 20.3 Å². The van der Waals surface area contributed by atoms with Gasteiger partial charge in [0.1, 0.15) is 0 Å². The molecular formula is C6H12F2O2. The van der Waals surface area contributed by atoms with Crippen molar-refractivity contribution in [2.75, 3.05) is 13.3 Å². The molecule has 0 aliphatic carbocycles. The van der Waals surface area contributed by atoms with Gasteiger partial charge in [0.25, 0.3) is 0 Å². The largest absolute Gasteiger partial charge is 0.495 e. The van der Waals surface area contributed by atoms with Crippen molar-refractivity contribution in [3.05, 3.63) is 0 Å². The number of rotatable bonds is 2. The van der Waals surface area contributed by atoms with Crippen LogP contribution in [0.4, 0.5) is 13.6 Å². The van der Waals surface area contributed by atoms with Gasteiger partial charge in [0, 0.05) is 0 Å². The Hall–Kier alpha value is -0.670. The molecule has 0 bridgehead atoms. The lowest BCUT2D eigenvalue weighted by Gasteiger charge is -1.90. The van der Waals surface area contributed by atoms with E-state index in [0.717, 1.165) is 0 Å². The van der Waals surface area contributed by atoms with Gasteiger partial charge in [-0.15, -0.1) is 4.39 Å². The molecule has 0 unspecified atom stereocenters. The van der Waals surface area contributed by atoms with E-state index in [0.29, 0.717) is 6.42 Å². The Bertz CT molecular complexity index is 76.1. The van der Waals surface area contributed by atoms with E-state index in [9.17, 15) is 13.6 Å². The smallest absolute Gasteiger partial charge is 0.440 e. The maximum Gasteiger partial charge on any atom is 0.495 e. The maximum atomic E-state index is 11.0. The number of carbonyl (C=O) groups is 1. The van der Waals surface area contributed by atoms with Crippen LogP contribution < -0.4 is 0 Å². The molecule has 0 radical (unpaired) electrons. The summed E-state index contributed by atoms with van der Waals surface area (Å²) in [5, 5.41) is 0. The van der Waals surface area contributed by atoms with Crippen LogP contribution in [0.25, 0.3) is 0 Å². The van der Waals surface area contributed by atoms with E-state index in [1.165, 1.54) is 6.92 Å². The lowest BCUT2D eigenvalue weighted by molar-refractivity contribution is 0.121. The highest BCUT2D eigenvalue weighted by atomic mass is 19.1. The summed E-state index contributed by atoms with van der Waals surface area (Å²) in [6.07, 6.45) is -1.03. The van der Waals surface area contributed by atoms with Crippen LogP contribution in [-0.4, -0.2) is 19.5 Å². The Labute approximate surface area is 59.2 Å². The molecule has 10 heavy (non-hydrogen) atoms. The molecule has 0 spiro atoms. The highest BCUT2D eigenvalue weighted by molar-refractivity contribution is 5.57. The third-order valence-corrected chi connectivity index (χ3v) is 0.420. The summed E-state index contributed by atoms with van der Waals surface area (Å²) in [5.41, 5.74) is 0. The van der Waals surface area contributed by atoms with Gasteiger partial charge in [0.2, 0.25) is 0 Å². The number of halogens is 2. The standard InChI is InChI=1S/C4H7FO2.C2H5F/c1-2-3-7-4(5)6;1-2-3/h2-3H2,1H3;2H2,1H3.